The zero-order valence-electron chi connectivity index (χ0n) is 7.92. The van der Waals surface area contributed by atoms with Gasteiger partial charge in [-0.3, -0.25) is 4.98 Å². The highest BCUT2D eigenvalue weighted by molar-refractivity contribution is 9.10. The Kier molecular flexibility index (Phi) is 3.48. The minimum Gasteiger partial charge on any atom is -0.369 e. The van der Waals surface area contributed by atoms with E-state index in [-0.39, 0.29) is 0 Å². The van der Waals surface area contributed by atoms with Crippen LogP contribution in [-0.4, -0.2) is 18.6 Å². The Hall–Kier alpha value is -0.830. The average molecular weight is 241 g/mol. The largest absolute Gasteiger partial charge is 0.369 e. The number of anilines is 1. The second kappa shape index (κ2) is 4.42. The number of pyridine rings is 1. The Bertz CT molecular complexity index is 310. The number of nitrogens with zero attached hydrogens (tertiary/aromatic N) is 2. The van der Waals surface area contributed by atoms with Crippen LogP contribution in [-0.2, 0) is 0 Å². The number of aromatic nitrogens is 1. The maximum atomic E-state index is 4.09. The normalized spacial score (nSPS) is 9.77. The van der Waals surface area contributed by atoms with Crippen LogP contribution in [0.3, 0.4) is 0 Å². The summed E-state index contributed by atoms with van der Waals surface area (Å²) in [6.07, 6.45) is 3.62. The van der Waals surface area contributed by atoms with Gasteiger partial charge in [-0.05, 0) is 28.9 Å². The SMILES string of the molecule is C=C(C)CN(C)c1cncc(Br)c1. The molecule has 1 aromatic heterocycles. The van der Waals surface area contributed by atoms with Crippen LogP contribution in [0, 0.1) is 0 Å². The van der Waals surface area contributed by atoms with Crippen molar-refractivity contribution in [3.8, 4) is 0 Å². The summed E-state index contributed by atoms with van der Waals surface area (Å²) in [6.45, 7) is 6.74. The molecule has 3 heteroatoms. The molecule has 0 spiro atoms. The van der Waals surface area contributed by atoms with E-state index in [0.29, 0.717) is 0 Å². The summed E-state index contributed by atoms with van der Waals surface area (Å²) in [5.74, 6) is 0. The van der Waals surface area contributed by atoms with E-state index in [1.165, 1.54) is 0 Å². The summed E-state index contributed by atoms with van der Waals surface area (Å²) < 4.78 is 0.999. The lowest BCUT2D eigenvalue weighted by molar-refractivity contribution is 0.977. The maximum Gasteiger partial charge on any atom is 0.0564 e. The molecule has 0 fully saturated rings. The minimum absolute atomic E-state index is 0.859. The summed E-state index contributed by atoms with van der Waals surface area (Å²) in [5, 5.41) is 0. The van der Waals surface area contributed by atoms with Crippen LogP contribution in [0.15, 0.2) is 35.1 Å². The van der Waals surface area contributed by atoms with Crippen LogP contribution in [0.2, 0.25) is 0 Å². The third kappa shape index (κ3) is 3.19. The van der Waals surface area contributed by atoms with Crippen molar-refractivity contribution < 1.29 is 0 Å². The van der Waals surface area contributed by atoms with Gasteiger partial charge in [0.2, 0.25) is 0 Å². The van der Waals surface area contributed by atoms with Crippen molar-refractivity contribution in [2.24, 2.45) is 0 Å². The predicted octanol–water partition coefficient (Wildman–Crippen LogP) is 2.86. The van der Waals surface area contributed by atoms with E-state index in [1.54, 1.807) is 6.20 Å². The van der Waals surface area contributed by atoms with Gasteiger partial charge in [0.25, 0.3) is 0 Å². The van der Waals surface area contributed by atoms with Crippen LogP contribution in [0.1, 0.15) is 6.92 Å². The minimum atomic E-state index is 0.859. The molecule has 0 saturated carbocycles. The molecule has 1 aromatic rings. The van der Waals surface area contributed by atoms with Gasteiger partial charge in [-0.25, -0.2) is 0 Å². The number of rotatable bonds is 3. The first-order valence-electron chi connectivity index (χ1n) is 4.05. The zero-order valence-corrected chi connectivity index (χ0v) is 9.50. The van der Waals surface area contributed by atoms with Crippen molar-refractivity contribution in [3.05, 3.63) is 35.1 Å². The molecule has 0 atom stereocenters. The monoisotopic (exact) mass is 240 g/mol. The quantitative estimate of drug-likeness (QED) is 0.756. The van der Waals surface area contributed by atoms with Crippen molar-refractivity contribution >= 4 is 21.6 Å². The standard InChI is InChI=1S/C10H13BrN2/c1-8(2)7-13(3)10-4-9(11)5-12-6-10/h4-6H,1,7H2,2-3H3. The Morgan fingerprint density at radius 2 is 2.31 bits per heavy atom. The smallest absolute Gasteiger partial charge is 0.0564 e. The third-order valence-electron chi connectivity index (χ3n) is 1.64. The average Bonchev–Trinajstić information content (AvgIpc) is 2.03. The summed E-state index contributed by atoms with van der Waals surface area (Å²) in [7, 11) is 2.03. The lowest BCUT2D eigenvalue weighted by Crippen LogP contribution is -2.18. The third-order valence-corrected chi connectivity index (χ3v) is 2.07. The molecule has 1 rings (SSSR count). The van der Waals surface area contributed by atoms with Gasteiger partial charge in [-0.15, -0.1) is 0 Å². The Morgan fingerprint density at radius 1 is 1.62 bits per heavy atom. The molecule has 0 unspecified atom stereocenters. The maximum absolute atomic E-state index is 4.09. The fourth-order valence-corrected chi connectivity index (χ4v) is 1.46. The first-order chi connectivity index (χ1) is 6.09. The highest BCUT2D eigenvalue weighted by atomic mass is 79.9. The fraction of sp³-hybridized carbons (Fsp3) is 0.300. The summed E-state index contributed by atoms with van der Waals surface area (Å²) >= 11 is 3.39. The van der Waals surface area contributed by atoms with Gasteiger partial charge in [-0.1, -0.05) is 12.2 Å². The Balaban J connectivity index is 2.76. The fourth-order valence-electron chi connectivity index (χ4n) is 1.11. The molecule has 0 bridgehead atoms. The molecule has 0 aliphatic rings. The van der Waals surface area contributed by atoms with Gasteiger partial charge in [0, 0.05) is 24.3 Å². The van der Waals surface area contributed by atoms with Crippen molar-refractivity contribution in [2.45, 2.75) is 6.92 Å². The lowest BCUT2D eigenvalue weighted by atomic mass is 10.3. The van der Waals surface area contributed by atoms with Crippen molar-refractivity contribution in [1.82, 2.24) is 4.98 Å². The van der Waals surface area contributed by atoms with Gasteiger partial charge in [0.1, 0.15) is 0 Å². The predicted molar refractivity (Wildman–Crippen MR) is 60.0 cm³/mol. The highest BCUT2D eigenvalue weighted by Gasteiger charge is 2.00. The van der Waals surface area contributed by atoms with Gasteiger partial charge in [0.05, 0.1) is 11.9 Å². The van der Waals surface area contributed by atoms with E-state index in [9.17, 15) is 0 Å². The van der Waals surface area contributed by atoms with E-state index in [2.05, 4.69) is 32.4 Å². The second-order valence-corrected chi connectivity index (χ2v) is 4.09. The van der Waals surface area contributed by atoms with Gasteiger partial charge >= 0.3 is 0 Å². The van der Waals surface area contributed by atoms with Crippen molar-refractivity contribution in [1.29, 1.82) is 0 Å². The first-order valence-corrected chi connectivity index (χ1v) is 4.85. The highest BCUT2D eigenvalue weighted by Crippen LogP contribution is 2.17. The molecule has 0 aliphatic carbocycles. The molecular formula is C10H13BrN2. The molecule has 0 saturated heterocycles. The molecule has 70 valence electrons. The van der Waals surface area contributed by atoms with Gasteiger partial charge in [-0.2, -0.15) is 0 Å². The molecule has 2 nitrogen and oxygen atoms in total. The van der Waals surface area contributed by atoms with Crippen LogP contribution >= 0.6 is 15.9 Å². The van der Waals surface area contributed by atoms with Crippen LogP contribution in [0.25, 0.3) is 0 Å². The van der Waals surface area contributed by atoms with Gasteiger partial charge in [0.15, 0.2) is 0 Å². The molecular weight excluding hydrogens is 228 g/mol. The Labute approximate surface area is 87.4 Å². The molecule has 0 radical (unpaired) electrons. The van der Waals surface area contributed by atoms with Crippen molar-refractivity contribution in [2.75, 3.05) is 18.5 Å². The van der Waals surface area contributed by atoms with Crippen LogP contribution < -0.4 is 4.90 Å². The van der Waals surface area contributed by atoms with Crippen LogP contribution in [0.5, 0.6) is 0 Å². The number of halogens is 1. The number of likely N-dealkylation sites (N-methyl/N-ethyl adjacent to an activating group) is 1. The summed E-state index contributed by atoms with van der Waals surface area (Å²) in [6, 6.07) is 2.04. The molecule has 13 heavy (non-hydrogen) atoms. The number of hydrogen-bond acceptors (Lipinski definition) is 2. The molecule has 0 amide bonds. The van der Waals surface area contributed by atoms with E-state index in [1.807, 2.05) is 26.2 Å². The molecule has 0 aromatic carbocycles. The van der Waals surface area contributed by atoms with E-state index < -0.39 is 0 Å². The topological polar surface area (TPSA) is 16.1 Å². The van der Waals surface area contributed by atoms with E-state index >= 15 is 0 Å². The summed E-state index contributed by atoms with van der Waals surface area (Å²) in [5.41, 5.74) is 2.24. The Morgan fingerprint density at radius 3 is 2.85 bits per heavy atom. The second-order valence-electron chi connectivity index (χ2n) is 3.17. The molecule has 0 N–H and O–H groups in total. The molecule has 1 heterocycles. The zero-order chi connectivity index (χ0) is 9.84. The van der Waals surface area contributed by atoms with Crippen molar-refractivity contribution in [3.63, 3.8) is 0 Å². The summed E-state index contributed by atoms with van der Waals surface area (Å²) in [4.78, 5) is 6.21. The first kappa shape index (κ1) is 10.3. The van der Waals surface area contributed by atoms with Gasteiger partial charge < -0.3 is 4.90 Å². The van der Waals surface area contributed by atoms with E-state index in [4.69, 9.17) is 0 Å². The van der Waals surface area contributed by atoms with E-state index in [0.717, 1.165) is 22.3 Å². The lowest BCUT2D eigenvalue weighted by Gasteiger charge is -2.18. The van der Waals surface area contributed by atoms with Crippen LogP contribution in [0.4, 0.5) is 5.69 Å². The molecule has 0 aliphatic heterocycles. The number of hydrogen-bond donors (Lipinski definition) is 0.